The Morgan fingerprint density at radius 3 is 2.45 bits per heavy atom. The topological polar surface area (TPSA) is 32.3 Å². The summed E-state index contributed by atoms with van der Waals surface area (Å²) in [6.07, 6.45) is 7.09. The molecule has 4 heteroatoms. The maximum absolute atomic E-state index is 12.3. The van der Waals surface area contributed by atoms with E-state index in [9.17, 15) is 4.79 Å². The number of carbonyl (C=O) groups is 1. The molecule has 0 saturated carbocycles. The Bertz CT molecular complexity index is 420. The van der Waals surface area contributed by atoms with Gasteiger partial charge in [-0.1, -0.05) is 32.8 Å². The van der Waals surface area contributed by atoms with E-state index in [0.29, 0.717) is 6.04 Å². The highest BCUT2D eigenvalue weighted by Gasteiger charge is 2.24. The van der Waals surface area contributed by atoms with Crippen molar-refractivity contribution >= 4 is 17.2 Å². The lowest BCUT2D eigenvalue weighted by atomic mass is 10.0. The van der Waals surface area contributed by atoms with Crippen LogP contribution in [0.15, 0.2) is 17.5 Å². The zero-order chi connectivity index (χ0) is 15.8. The van der Waals surface area contributed by atoms with Crippen LogP contribution in [-0.2, 0) is 4.79 Å². The lowest BCUT2D eigenvalue weighted by Gasteiger charge is -2.30. The smallest absolute Gasteiger partial charge is 0.223 e. The van der Waals surface area contributed by atoms with E-state index in [2.05, 4.69) is 41.6 Å². The summed E-state index contributed by atoms with van der Waals surface area (Å²) in [5.74, 6) is 0.384. The number of nitrogens with zero attached hydrogens (tertiary/aromatic N) is 1. The van der Waals surface area contributed by atoms with Gasteiger partial charge >= 0.3 is 0 Å². The number of hydrogen-bond donors (Lipinski definition) is 1. The number of rotatable bonds is 7. The highest BCUT2D eigenvalue weighted by atomic mass is 32.1. The second-order valence-electron chi connectivity index (χ2n) is 6.24. The first-order chi connectivity index (χ1) is 10.8. The fourth-order valence-corrected chi connectivity index (χ4v) is 4.16. The molecular formula is C18H30N2OS. The fourth-order valence-electron chi connectivity index (χ4n) is 3.30. The van der Waals surface area contributed by atoms with E-state index < -0.39 is 0 Å². The molecule has 2 rings (SSSR count). The molecule has 0 aliphatic carbocycles. The summed E-state index contributed by atoms with van der Waals surface area (Å²) in [5.41, 5.74) is 0. The molecule has 0 radical (unpaired) electrons. The molecule has 1 aromatic heterocycles. The molecule has 22 heavy (non-hydrogen) atoms. The van der Waals surface area contributed by atoms with E-state index >= 15 is 0 Å². The average molecular weight is 323 g/mol. The number of amides is 1. The van der Waals surface area contributed by atoms with Gasteiger partial charge in [0, 0.05) is 17.3 Å². The van der Waals surface area contributed by atoms with Gasteiger partial charge in [0.1, 0.15) is 0 Å². The molecule has 0 spiro atoms. The van der Waals surface area contributed by atoms with Gasteiger partial charge in [-0.2, -0.15) is 0 Å². The molecule has 1 atom stereocenters. The summed E-state index contributed by atoms with van der Waals surface area (Å²) in [6.45, 7) is 7.25. The highest BCUT2D eigenvalue weighted by Crippen LogP contribution is 2.27. The SMILES string of the molecule is CCC(CC)C(=O)NCC(c1cccs1)N1CCCCCC1. The van der Waals surface area contributed by atoms with Gasteiger partial charge in [0.2, 0.25) is 5.91 Å². The van der Waals surface area contributed by atoms with Gasteiger partial charge < -0.3 is 5.32 Å². The second-order valence-corrected chi connectivity index (χ2v) is 7.22. The zero-order valence-electron chi connectivity index (χ0n) is 14.0. The van der Waals surface area contributed by atoms with E-state index in [4.69, 9.17) is 0 Å². The largest absolute Gasteiger partial charge is 0.354 e. The van der Waals surface area contributed by atoms with E-state index in [-0.39, 0.29) is 11.8 Å². The third-order valence-electron chi connectivity index (χ3n) is 4.78. The van der Waals surface area contributed by atoms with Crippen molar-refractivity contribution in [1.82, 2.24) is 10.2 Å². The van der Waals surface area contributed by atoms with E-state index in [1.807, 2.05) is 11.3 Å². The molecule has 0 bridgehead atoms. The normalized spacial score (nSPS) is 18.1. The standard InChI is InChI=1S/C18H30N2OS/c1-3-15(4-2)18(21)19-14-16(17-10-9-13-22-17)20-11-7-5-6-8-12-20/h9-10,13,15-16H,3-8,11-12,14H2,1-2H3,(H,19,21). The fraction of sp³-hybridized carbons (Fsp3) is 0.722. The molecule has 1 fully saturated rings. The minimum Gasteiger partial charge on any atom is -0.354 e. The van der Waals surface area contributed by atoms with Gasteiger partial charge in [-0.25, -0.2) is 0 Å². The molecule has 1 unspecified atom stereocenters. The van der Waals surface area contributed by atoms with E-state index in [1.54, 1.807) is 0 Å². The van der Waals surface area contributed by atoms with E-state index in [1.165, 1.54) is 30.6 Å². The molecule has 1 N–H and O–H groups in total. The van der Waals surface area contributed by atoms with Gasteiger partial charge in [0.25, 0.3) is 0 Å². The van der Waals surface area contributed by atoms with Crippen LogP contribution < -0.4 is 5.32 Å². The van der Waals surface area contributed by atoms with Crippen molar-refractivity contribution in [1.29, 1.82) is 0 Å². The molecule has 1 saturated heterocycles. The number of nitrogens with one attached hydrogen (secondary N) is 1. The van der Waals surface area contributed by atoms with Crippen LogP contribution in [0.3, 0.4) is 0 Å². The summed E-state index contributed by atoms with van der Waals surface area (Å²) in [5, 5.41) is 5.36. The molecule has 2 heterocycles. The van der Waals surface area contributed by atoms with Crippen molar-refractivity contribution < 1.29 is 4.79 Å². The Kier molecular flexibility index (Phi) is 7.40. The molecular weight excluding hydrogens is 292 g/mol. The second kappa shape index (κ2) is 9.31. The number of thiophene rings is 1. The molecule has 3 nitrogen and oxygen atoms in total. The van der Waals surface area contributed by atoms with Crippen LogP contribution in [0, 0.1) is 5.92 Å². The molecule has 1 aliphatic rings. The maximum atomic E-state index is 12.3. The third-order valence-corrected chi connectivity index (χ3v) is 5.75. The molecule has 124 valence electrons. The Hall–Kier alpha value is -0.870. The van der Waals surface area contributed by atoms with Crippen molar-refractivity contribution in [2.45, 2.75) is 58.4 Å². The van der Waals surface area contributed by atoms with Crippen LogP contribution in [0.4, 0.5) is 0 Å². The quantitative estimate of drug-likeness (QED) is 0.815. The summed E-state index contributed by atoms with van der Waals surface area (Å²) in [4.78, 5) is 16.3. The number of carbonyl (C=O) groups excluding carboxylic acids is 1. The minimum absolute atomic E-state index is 0.160. The van der Waals surface area contributed by atoms with Gasteiger partial charge in [0.15, 0.2) is 0 Å². The summed E-state index contributed by atoms with van der Waals surface area (Å²) < 4.78 is 0. The van der Waals surface area contributed by atoms with Gasteiger partial charge in [-0.3, -0.25) is 9.69 Å². The molecule has 1 aliphatic heterocycles. The predicted octanol–water partition coefficient (Wildman–Crippen LogP) is 4.22. The zero-order valence-corrected chi connectivity index (χ0v) is 14.8. The summed E-state index contributed by atoms with van der Waals surface area (Å²) in [6, 6.07) is 4.67. The minimum atomic E-state index is 0.160. The summed E-state index contributed by atoms with van der Waals surface area (Å²) in [7, 11) is 0. The maximum Gasteiger partial charge on any atom is 0.223 e. The van der Waals surface area contributed by atoms with Crippen molar-refractivity contribution in [2.24, 2.45) is 5.92 Å². The van der Waals surface area contributed by atoms with Gasteiger partial charge in [0.05, 0.1) is 6.04 Å². The van der Waals surface area contributed by atoms with Gasteiger partial charge in [-0.15, -0.1) is 11.3 Å². The van der Waals surface area contributed by atoms with Crippen LogP contribution >= 0.6 is 11.3 Å². The first-order valence-corrected chi connectivity index (χ1v) is 9.69. The third kappa shape index (κ3) is 4.82. The Morgan fingerprint density at radius 2 is 1.91 bits per heavy atom. The molecule has 1 aromatic rings. The van der Waals surface area contributed by atoms with Crippen molar-refractivity contribution in [2.75, 3.05) is 19.6 Å². The first kappa shape index (κ1) is 17.5. The van der Waals surface area contributed by atoms with E-state index in [0.717, 1.165) is 32.5 Å². The number of hydrogen-bond acceptors (Lipinski definition) is 3. The first-order valence-electron chi connectivity index (χ1n) is 8.81. The number of likely N-dealkylation sites (tertiary alicyclic amines) is 1. The molecule has 0 aromatic carbocycles. The highest BCUT2D eigenvalue weighted by molar-refractivity contribution is 7.10. The lowest BCUT2D eigenvalue weighted by Crippen LogP contribution is -2.40. The van der Waals surface area contributed by atoms with Crippen molar-refractivity contribution in [3.8, 4) is 0 Å². The van der Waals surface area contributed by atoms with Gasteiger partial charge in [-0.05, 0) is 50.2 Å². The molecule has 1 amide bonds. The monoisotopic (exact) mass is 322 g/mol. The Morgan fingerprint density at radius 1 is 1.23 bits per heavy atom. The van der Waals surface area contributed by atoms with Crippen LogP contribution in [0.1, 0.15) is 63.3 Å². The van der Waals surface area contributed by atoms with Crippen LogP contribution in [0.2, 0.25) is 0 Å². The van der Waals surface area contributed by atoms with Crippen LogP contribution in [0.25, 0.3) is 0 Å². The Labute approximate surface area is 139 Å². The van der Waals surface area contributed by atoms with Crippen LogP contribution in [0.5, 0.6) is 0 Å². The predicted molar refractivity (Wildman–Crippen MR) is 94.2 cm³/mol. The average Bonchev–Trinajstić information content (AvgIpc) is 2.92. The van der Waals surface area contributed by atoms with Crippen LogP contribution in [-0.4, -0.2) is 30.4 Å². The van der Waals surface area contributed by atoms with Crippen molar-refractivity contribution in [3.05, 3.63) is 22.4 Å². The summed E-state index contributed by atoms with van der Waals surface area (Å²) >= 11 is 1.81. The van der Waals surface area contributed by atoms with Crippen molar-refractivity contribution in [3.63, 3.8) is 0 Å². The lowest BCUT2D eigenvalue weighted by molar-refractivity contribution is -0.125. The Balaban J connectivity index is 2.00.